The summed E-state index contributed by atoms with van der Waals surface area (Å²) in [4.78, 5) is 0. The van der Waals surface area contributed by atoms with E-state index < -0.39 is 0 Å². The highest BCUT2D eigenvalue weighted by Crippen LogP contribution is 2.45. The average Bonchev–Trinajstić information content (AvgIpc) is 2.44. The van der Waals surface area contributed by atoms with Crippen LogP contribution in [0.1, 0.15) is 44.1 Å². The maximum Gasteiger partial charge on any atom is 0.0685 e. The van der Waals surface area contributed by atoms with Crippen LogP contribution in [0.4, 0.5) is 0 Å². The van der Waals surface area contributed by atoms with Crippen LogP contribution in [0, 0.1) is 5.92 Å². The minimum Gasteiger partial charge on any atom is -0.375 e. The largest absolute Gasteiger partial charge is 0.375 e. The van der Waals surface area contributed by atoms with Crippen LogP contribution in [0.2, 0.25) is 0 Å². The van der Waals surface area contributed by atoms with E-state index in [0.717, 1.165) is 25.9 Å². The van der Waals surface area contributed by atoms with Crippen molar-refractivity contribution in [3.63, 3.8) is 0 Å². The zero-order valence-electron chi connectivity index (χ0n) is 11.7. The quantitative estimate of drug-likeness (QED) is 0.900. The summed E-state index contributed by atoms with van der Waals surface area (Å²) in [5, 5.41) is 0. The van der Waals surface area contributed by atoms with Crippen molar-refractivity contribution in [2.24, 2.45) is 11.7 Å². The fourth-order valence-corrected chi connectivity index (χ4v) is 3.56. The van der Waals surface area contributed by atoms with Gasteiger partial charge in [-0.15, -0.1) is 0 Å². The summed E-state index contributed by atoms with van der Waals surface area (Å²) in [6.45, 7) is 0.920. The predicted molar refractivity (Wildman–Crippen MR) is 78.0 cm³/mol. The molecular weight excluding hydrogens is 234 g/mol. The van der Waals surface area contributed by atoms with E-state index in [1.807, 2.05) is 0 Å². The van der Waals surface area contributed by atoms with Crippen LogP contribution >= 0.6 is 0 Å². The fourth-order valence-electron chi connectivity index (χ4n) is 3.56. The molecule has 1 aliphatic heterocycles. The van der Waals surface area contributed by atoms with Crippen molar-refractivity contribution >= 4 is 0 Å². The molecule has 2 fully saturated rings. The number of hydrogen-bond acceptors (Lipinski definition) is 2. The van der Waals surface area contributed by atoms with Crippen LogP contribution in [-0.4, -0.2) is 18.2 Å². The van der Waals surface area contributed by atoms with Gasteiger partial charge in [0.05, 0.1) is 5.60 Å². The number of ether oxygens (including phenoxy) is 1. The fraction of sp³-hybridized carbons (Fsp3) is 0.647. The molecule has 104 valence electrons. The molecule has 0 amide bonds. The molecule has 2 atom stereocenters. The van der Waals surface area contributed by atoms with Crippen molar-refractivity contribution in [3.8, 4) is 0 Å². The number of hydrogen-bond donors (Lipinski definition) is 1. The normalized spacial score (nSPS) is 26.9. The van der Waals surface area contributed by atoms with E-state index in [1.165, 1.54) is 31.2 Å². The van der Waals surface area contributed by atoms with E-state index in [4.69, 9.17) is 10.5 Å². The molecule has 2 unspecified atom stereocenters. The Kier molecular flexibility index (Phi) is 3.90. The van der Waals surface area contributed by atoms with Gasteiger partial charge < -0.3 is 10.5 Å². The molecule has 1 saturated heterocycles. The maximum absolute atomic E-state index is 6.44. The Labute approximate surface area is 116 Å². The zero-order chi connectivity index (χ0) is 13.1. The van der Waals surface area contributed by atoms with E-state index in [1.54, 1.807) is 0 Å². The topological polar surface area (TPSA) is 35.2 Å². The van der Waals surface area contributed by atoms with Gasteiger partial charge in [0.25, 0.3) is 0 Å². The first-order chi connectivity index (χ1) is 9.27. The second-order valence-corrected chi connectivity index (χ2v) is 6.33. The third kappa shape index (κ3) is 3.01. The number of nitrogens with two attached hydrogens (primary N) is 1. The second-order valence-electron chi connectivity index (χ2n) is 6.33. The highest BCUT2D eigenvalue weighted by molar-refractivity contribution is 5.14. The lowest BCUT2D eigenvalue weighted by molar-refractivity contribution is -0.146. The lowest BCUT2D eigenvalue weighted by atomic mass is 9.70. The van der Waals surface area contributed by atoms with Gasteiger partial charge in [0.1, 0.15) is 0 Å². The van der Waals surface area contributed by atoms with Gasteiger partial charge in [-0.05, 0) is 56.4 Å². The molecule has 19 heavy (non-hydrogen) atoms. The van der Waals surface area contributed by atoms with E-state index in [9.17, 15) is 0 Å². The lowest BCUT2D eigenvalue weighted by Crippen LogP contribution is -2.49. The molecule has 1 saturated carbocycles. The Morgan fingerprint density at radius 3 is 2.74 bits per heavy atom. The van der Waals surface area contributed by atoms with Gasteiger partial charge in [0.2, 0.25) is 0 Å². The van der Waals surface area contributed by atoms with Gasteiger partial charge >= 0.3 is 0 Å². The number of aryl methyl sites for hydroxylation is 1. The molecule has 1 aromatic rings. The highest BCUT2D eigenvalue weighted by Gasteiger charge is 2.43. The molecule has 3 rings (SSSR count). The minimum atomic E-state index is 0.229. The summed E-state index contributed by atoms with van der Waals surface area (Å²) in [5.41, 5.74) is 8.08. The first kappa shape index (κ1) is 13.1. The Bertz CT molecular complexity index is 399. The van der Waals surface area contributed by atoms with E-state index >= 15 is 0 Å². The molecular formula is C17H25NO. The summed E-state index contributed by atoms with van der Waals surface area (Å²) in [7, 11) is 0. The molecule has 2 N–H and O–H groups in total. The van der Waals surface area contributed by atoms with Gasteiger partial charge in [-0.1, -0.05) is 30.3 Å². The molecule has 1 aliphatic carbocycles. The van der Waals surface area contributed by atoms with Gasteiger partial charge in [0.15, 0.2) is 0 Å². The van der Waals surface area contributed by atoms with Crippen LogP contribution in [-0.2, 0) is 11.2 Å². The summed E-state index contributed by atoms with van der Waals surface area (Å²) in [6.07, 6.45) is 8.41. The van der Waals surface area contributed by atoms with Crippen molar-refractivity contribution in [1.29, 1.82) is 0 Å². The predicted octanol–water partition coefficient (Wildman–Crippen LogP) is 3.30. The zero-order valence-corrected chi connectivity index (χ0v) is 11.7. The summed E-state index contributed by atoms with van der Waals surface area (Å²) < 4.78 is 5.99. The lowest BCUT2D eigenvalue weighted by Gasteiger charge is -2.48. The van der Waals surface area contributed by atoms with E-state index in [0.29, 0.717) is 12.0 Å². The molecule has 2 heteroatoms. The third-order valence-electron chi connectivity index (χ3n) is 5.01. The summed E-state index contributed by atoms with van der Waals surface area (Å²) in [5.74, 6) is 0.665. The number of benzene rings is 1. The van der Waals surface area contributed by atoms with Crippen LogP contribution in [0.3, 0.4) is 0 Å². The van der Waals surface area contributed by atoms with Gasteiger partial charge in [-0.2, -0.15) is 0 Å². The van der Waals surface area contributed by atoms with Crippen molar-refractivity contribution in [3.05, 3.63) is 35.9 Å². The van der Waals surface area contributed by atoms with Crippen LogP contribution in [0.5, 0.6) is 0 Å². The standard InChI is InChI=1S/C17H25NO/c18-16(8-7-14-5-2-1-3-6-14)15-9-12-19-17(13-15)10-4-11-17/h1-3,5-6,15-16H,4,7-13,18H2. The Morgan fingerprint density at radius 2 is 2.05 bits per heavy atom. The van der Waals surface area contributed by atoms with Gasteiger partial charge in [0, 0.05) is 12.6 Å². The molecule has 2 nitrogen and oxygen atoms in total. The van der Waals surface area contributed by atoms with Crippen molar-refractivity contribution in [1.82, 2.24) is 0 Å². The van der Waals surface area contributed by atoms with Crippen LogP contribution < -0.4 is 5.73 Å². The Morgan fingerprint density at radius 1 is 1.26 bits per heavy atom. The molecule has 2 aliphatic rings. The molecule has 1 heterocycles. The average molecular weight is 259 g/mol. The maximum atomic E-state index is 6.44. The first-order valence-corrected chi connectivity index (χ1v) is 7.71. The summed E-state index contributed by atoms with van der Waals surface area (Å²) in [6, 6.07) is 11.0. The number of rotatable bonds is 4. The van der Waals surface area contributed by atoms with Crippen molar-refractivity contribution in [2.75, 3.05) is 6.61 Å². The molecule has 0 radical (unpaired) electrons. The Balaban J connectivity index is 1.51. The molecule has 0 aromatic heterocycles. The highest BCUT2D eigenvalue weighted by atomic mass is 16.5. The van der Waals surface area contributed by atoms with E-state index in [2.05, 4.69) is 30.3 Å². The molecule has 0 bridgehead atoms. The summed E-state index contributed by atoms with van der Waals surface area (Å²) >= 11 is 0. The van der Waals surface area contributed by atoms with Crippen molar-refractivity contribution in [2.45, 2.75) is 56.6 Å². The smallest absolute Gasteiger partial charge is 0.0685 e. The first-order valence-electron chi connectivity index (χ1n) is 7.71. The Hall–Kier alpha value is -0.860. The van der Waals surface area contributed by atoms with Gasteiger partial charge in [-0.25, -0.2) is 0 Å². The van der Waals surface area contributed by atoms with E-state index in [-0.39, 0.29) is 5.60 Å². The SMILES string of the molecule is NC(CCc1ccccc1)C1CCOC2(CCC2)C1. The van der Waals surface area contributed by atoms with Gasteiger partial charge in [-0.3, -0.25) is 0 Å². The monoisotopic (exact) mass is 259 g/mol. The van der Waals surface area contributed by atoms with Crippen LogP contribution in [0.25, 0.3) is 0 Å². The molecule has 1 aromatic carbocycles. The third-order valence-corrected chi connectivity index (χ3v) is 5.01. The second kappa shape index (κ2) is 5.64. The minimum absolute atomic E-state index is 0.229. The van der Waals surface area contributed by atoms with Crippen LogP contribution in [0.15, 0.2) is 30.3 Å². The van der Waals surface area contributed by atoms with Crippen molar-refractivity contribution < 1.29 is 4.74 Å². The molecule has 1 spiro atoms.